The van der Waals surface area contributed by atoms with Crippen LogP contribution >= 0.6 is 0 Å². The van der Waals surface area contributed by atoms with Crippen molar-refractivity contribution < 1.29 is 9.59 Å². The molecule has 0 bridgehead atoms. The van der Waals surface area contributed by atoms with Crippen molar-refractivity contribution in [3.63, 3.8) is 0 Å². The Kier molecular flexibility index (Phi) is 5.16. The molecule has 2 rings (SSSR count). The lowest BCUT2D eigenvalue weighted by Gasteiger charge is -2.04. The number of rotatable bonds is 3. The average molecular weight is 293 g/mol. The van der Waals surface area contributed by atoms with Crippen LogP contribution in [-0.4, -0.2) is 18.5 Å². The number of hydrogen-bond donors (Lipinski definition) is 3. The molecule has 5 heteroatoms. The third-order valence-electron chi connectivity index (χ3n) is 2.76. The molecule has 0 spiro atoms. The first-order valence-electron chi connectivity index (χ1n) is 6.64. The highest BCUT2D eigenvalue weighted by molar-refractivity contribution is 5.95. The third kappa shape index (κ3) is 4.69. The summed E-state index contributed by atoms with van der Waals surface area (Å²) >= 11 is 0. The quantitative estimate of drug-likeness (QED) is 0.756. The molecule has 0 aliphatic rings. The fourth-order valence-electron chi connectivity index (χ4n) is 1.74. The van der Waals surface area contributed by atoms with Crippen LogP contribution in [0, 0.1) is 11.8 Å². The van der Waals surface area contributed by atoms with Gasteiger partial charge in [-0.25, -0.2) is 4.79 Å². The van der Waals surface area contributed by atoms with E-state index in [-0.39, 0.29) is 12.5 Å². The van der Waals surface area contributed by atoms with Crippen LogP contribution in [0.15, 0.2) is 54.6 Å². The van der Waals surface area contributed by atoms with Crippen LogP contribution in [0.4, 0.5) is 10.5 Å². The molecule has 0 saturated carbocycles. The van der Waals surface area contributed by atoms with Gasteiger partial charge in [-0.3, -0.25) is 4.79 Å². The third-order valence-corrected chi connectivity index (χ3v) is 2.76. The lowest BCUT2D eigenvalue weighted by atomic mass is 10.2. The number of amides is 3. The minimum Gasteiger partial charge on any atom is -0.351 e. The first kappa shape index (κ1) is 15.1. The summed E-state index contributed by atoms with van der Waals surface area (Å²) in [5, 5.41) is 5.13. The molecular weight excluding hydrogens is 278 g/mol. The standard InChI is InChI=1S/C17H15N3O2/c18-17(22)20-15-10-8-14(9-11-15)16(21)19-12-4-7-13-5-2-1-3-6-13/h1-3,5-6,8-11H,12H2,(H,19,21)(H3,18,20,22). The SMILES string of the molecule is NC(=O)Nc1ccc(C(=O)NCC#Cc2ccccc2)cc1. The lowest BCUT2D eigenvalue weighted by molar-refractivity contribution is 0.0958. The molecule has 0 unspecified atom stereocenters. The van der Waals surface area contributed by atoms with Gasteiger partial charge in [-0.2, -0.15) is 0 Å². The zero-order valence-corrected chi connectivity index (χ0v) is 11.8. The van der Waals surface area contributed by atoms with Crippen LogP contribution < -0.4 is 16.4 Å². The minimum atomic E-state index is -0.645. The second kappa shape index (κ2) is 7.50. The van der Waals surface area contributed by atoms with Crippen molar-refractivity contribution in [2.24, 2.45) is 5.73 Å². The summed E-state index contributed by atoms with van der Waals surface area (Å²) in [6.45, 7) is 0.259. The zero-order chi connectivity index (χ0) is 15.8. The molecule has 0 aromatic heterocycles. The Labute approximate surface area is 128 Å². The van der Waals surface area contributed by atoms with Gasteiger partial charge in [-0.1, -0.05) is 30.0 Å². The van der Waals surface area contributed by atoms with Gasteiger partial charge in [0.05, 0.1) is 6.54 Å². The van der Waals surface area contributed by atoms with Crippen LogP contribution in [0.1, 0.15) is 15.9 Å². The van der Waals surface area contributed by atoms with Crippen LogP contribution in [0.2, 0.25) is 0 Å². The molecule has 22 heavy (non-hydrogen) atoms. The number of benzene rings is 2. The van der Waals surface area contributed by atoms with E-state index >= 15 is 0 Å². The van der Waals surface area contributed by atoms with Crippen molar-refractivity contribution in [1.82, 2.24) is 5.32 Å². The Morgan fingerprint density at radius 3 is 2.32 bits per heavy atom. The van der Waals surface area contributed by atoms with Crippen LogP contribution in [0.3, 0.4) is 0 Å². The van der Waals surface area contributed by atoms with Crippen molar-refractivity contribution in [2.75, 3.05) is 11.9 Å². The molecule has 0 radical (unpaired) electrons. The van der Waals surface area contributed by atoms with Gasteiger partial charge < -0.3 is 16.4 Å². The molecule has 0 fully saturated rings. The highest BCUT2D eigenvalue weighted by Crippen LogP contribution is 2.08. The van der Waals surface area contributed by atoms with E-state index in [0.29, 0.717) is 11.3 Å². The molecule has 110 valence electrons. The molecule has 3 amide bonds. The van der Waals surface area contributed by atoms with Crippen LogP contribution in [0.5, 0.6) is 0 Å². The van der Waals surface area contributed by atoms with Gasteiger partial charge in [0.1, 0.15) is 0 Å². The van der Waals surface area contributed by atoms with E-state index in [1.807, 2.05) is 30.3 Å². The number of carbonyl (C=O) groups is 2. The Balaban J connectivity index is 1.87. The molecule has 5 nitrogen and oxygen atoms in total. The summed E-state index contributed by atoms with van der Waals surface area (Å²) in [7, 11) is 0. The largest absolute Gasteiger partial charge is 0.351 e. The van der Waals surface area contributed by atoms with Crippen molar-refractivity contribution in [3.05, 3.63) is 65.7 Å². The number of carbonyl (C=O) groups excluding carboxylic acids is 2. The Hall–Kier alpha value is -3.26. The minimum absolute atomic E-state index is 0.229. The number of primary amides is 1. The highest BCUT2D eigenvalue weighted by atomic mass is 16.2. The normalized spacial score (nSPS) is 9.27. The first-order chi connectivity index (χ1) is 10.6. The van der Waals surface area contributed by atoms with Gasteiger partial charge in [0, 0.05) is 16.8 Å². The zero-order valence-electron chi connectivity index (χ0n) is 11.8. The number of nitrogens with one attached hydrogen (secondary N) is 2. The molecule has 0 atom stereocenters. The lowest BCUT2D eigenvalue weighted by Crippen LogP contribution is -2.23. The fraction of sp³-hybridized carbons (Fsp3) is 0.0588. The average Bonchev–Trinajstić information content (AvgIpc) is 2.52. The molecule has 0 aliphatic heterocycles. The van der Waals surface area contributed by atoms with Gasteiger partial charge in [0.25, 0.3) is 5.91 Å². The molecule has 2 aromatic rings. The highest BCUT2D eigenvalue weighted by Gasteiger charge is 2.04. The number of nitrogens with two attached hydrogens (primary N) is 1. The van der Waals surface area contributed by atoms with Gasteiger partial charge >= 0.3 is 6.03 Å². The topological polar surface area (TPSA) is 84.2 Å². The molecule has 0 saturated heterocycles. The maximum absolute atomic E-state index is 11.9. The Morgan fingerprint density at radius 2 is 1.68 bits per heavy atom. The molecular formula is C17H15N3O2. The summed E-state index contributed by atoms with van der Waals surface area (Å²) in [5.74, 6) is 5.61. The van der Waals surface area contributed by atoms with E-state index in [0.717, 1.165) is 5.56 Å². The number of anilines is 1. The van der Waals surface area contributed by atoms with Crippen molar-refractivity contribution >= 4 is 17.6 Å². The maximum Gasteiger partial charge on any atom is 0.316 e. The number of hydrogen-bond acceptors (Lipinski definition) is 2. The predicted molar refractivity (Wildman–Crippen MR) is 85.3 cm³/mol. The fourth-order valence-corrected chi connectivity index (χ4v) is 1.74. The second-order valence-electron chi connectivity index (χ2n) is 4.42. The van der Waals surface area contributed by atoms with Crippen molar-refractivity contribution in [1.29, 1.82) is 0 Å². The van der Waals surface area contributed by atoms with E-state index in [1.54, 1.807) is 24.3 Å². The smallest absolute Gasteiger partial charge is 0.316 e. The second-order valence-corrected chi connectivity index (χ2v) is 4.42. The van der Waals surface area contributed by atoms with E-state index in [9.17, 15) is 9.59 Å². The van der Waals surface area contributed by atoms with Crippen LogP contribution in [0.25, 0.3) is 0 Å². The Morgan fingerprint density at radius 1 is 1.00 bits per heavy atom. The van der Waals surface area contributed by atoms with Crippen molar-refractivity contribution in [3.8, 4) is 11.8 Å². The van der Waals surface area contributed by atoms with Gasteiger partial charge in [-0.05, 0) is 36.4 Å². The first-order valence-corrected chi connectivity index (χ1v) is 6.64. The van der Waals surface area contributed by atoms with Gasteiger partial charge in [0.2, 0.25) is 0 Å². The summed E-state index contributed by atoms with van der Waals surface area (Å²) in [6.07, 6.45) is 0. The molecule has 2 aromatic carbocycles. The van der Waals surface area contributed by atoms with E-state index in [2.05, 4.69) is 22.5 Å². The monoisotopic (exact) mass is 293 g/mol. The maximum atomic E-state index is 11.9. The van der Waals surface area contributed by atoms with E-state index in [1.165, 1.54) is 0 Å². The van der Waals surface area contributed by atoms with Crippen LogP contribution in [-0.2, 0) is 0 Å². The molecule has 0 heterocycles. The number of urea groups is 1. The Bertz CT molecular complexity index is 713. The van der Waals surface area contributed by atoms with E-state index < -0.39 is 6.03 Å². The van der Waals surface area contributed by atoms with Gasteiger partial charge in [0.15, 0.2) is 0 Å². The summed E-state index contributed by atoms with van der Waals surface area (Å²) < 4.78 is 0. The van der Waals surface area contributed by atoms with Crippen molar-refractivity contribution in [2.45, 2.75) is 0 Å². The summed E-state index contributed by atoms with van der Waals surface area (Å²) in [4.78, 5) is 22.6. The molecule has 4 N–H and O–H groups in total. The van der Waals surface area contributed by atoms with E-state index in [4.69, 9.17) is 5.73 Å². The molecule has 0 aliphatic carbocycles. The summed E-state index contributed by atoms with van der Waals surface area (Å²) in [5.41, 5.74) is 6.93. The predicted octanol–water partition coefficient (Wildman–Crippen LogP) is 1.96. The van der Waals surface area contributed by atoms with Gasteiger partial charge in [-0.15, -0.1) is 0 Å². The summed E-state index contributed by atoms with van der Waals surface area (Å²) in [6, 6.07) is 15.3.